The average Bonchev–Trinajstić information content (AvgIpc) is 2.55. The first kappa shape index (κ1) is 15.9. The molecule has 0 amide bonds. The smallest absolute Gasteiger partial charge is 0.341 e. The van der Waals surface area contributed by atoms with Gasteiger partial charge in [-0.3, -0.25) is 0 Å². The number of esters is 1. The van der Waals surface area contributed by atoms with Gasteiger partial charge in [0.25, 0.3) is 0 Å². The van der Waals surface area contributed by atoms with Crippen molar-refractivity contribution < 1.29 is 14.3 Å². The Morgan fingerprint density at radius 2 is 1.86 bits per heavy atom. The second-order valence-corrected chi connectivity index (χ2v) is 5.47. The zero-order chi connectivity index (χ0) is 15.9. The van der Waals surface area contributed by atoms with E-state index in [1.807, 2.05) is 18.2 Å². The summed E-state index contributed by atoms with van der Waals surface area (Å²) in [7, 11) is 1.52. The number of carbonyl (C=O) groups is 1. The van der Waals surface area contributed by atoms with Crippen LogP contribution >= 0.6 is 11.8 Å². The van der Waals surface area contributed by atoms with E-state index in [0.29, 0.717) is 23.5 Å². The van der Waals surface area contributed by atoms with Gasteiger partial charge in [0.05, 0.1) is 25.3 Å². The predicted octanol–water partition coefficient (Wildman–Crippen LogP) is 3.89. The highest BCUT2D eigenvalue weighted by molar-refractivity contribution is 7.99. The molecule has 0 bridgehead atoms. The van der Waals surface area contributed by atoms with Crippen LogP contribution in [-0.2, 0) is 4.74 Å². The molecular weight excluding hydrogens is 298 g/mol. The summed E-state index contributed by atoms with van der Waals surface area (Å²) in [5, 5.41) is 8.80. The molecule has 0 aliphatic rings. The Balaban J connectivity index is 2.25. The number of ether oxygens (including phenoxy) is 2. The molecule has 0 unspecified atom stereocenters. The Labute approximate surface area is 133 Å². The molecule has 0 fully saturated rings. The van der Waals surface area contributed by atoms with Crippen molar-refractivity contribution in [2.24, 2.45) is 0 Å². The zero-order valence-corrected chi connectivity index (χ0v) is 13.1. The molecule has 112 valence electrons. The first-order valence-corrected chi connectivity index (χ1v) is 7.52. The Morgan fingerprint density at radius 3 is 2.45 bits per heavy atom. The van der Waals surface area contributed by atoms with Gasteiger partial charge in [-0.1, -0.05) is 11.8 Å². The number of nitrogens with zero attached hydrogens (tertiary/aromatic N) is 1. The SMILES string of the molecule is CCOC(=O)c1cc(Sc2ccc(C#N)cc2)ccc1OC. The number of hydrogen-bond donors (Lipinski definition) is 0. The lowest BCUT2D eigenvalue weighted by Gasteiger charge is -2.10. The van der Waals surface area contributed by atoms with E-state index in [-0.39, 0.29) is 0 Å². The van der Waals surface area contributed by atoms with Gasteiger partial charge in [0.15, 0.2) is 0 Å². The Hall–Kier alpha value is -2.45. The summed E-state index contributed by atoms with van der Waals surface area (Å²) in [4.78, 5) is 13.8. The maximum absolute atomic E-state index is 12.0. The van der Waals surface area contributed by atoms with E-state index in [1.54, 1.807) is 31.2 Å². The van der Waals surface area contributed by atoms with Crippen molar-refractivity contribution in [1.29, 1.82) is 5.26 Å². The van der Waals surface area contributed by atoms with Gasteiger partial charge >= 0.3 is 5.97 Å². The van der Waals surface area contributed by atoms with E-state index in [9.17, 15) is 4.79 Å². The van der Waals surface area contributed by atoms with Gasteiger partial charge in [0.1, 0.15) is 11.3 Å². The average molecular weight is 313 g/mol. The van der Waals surface area contributed by atoms with E-state index in [2.05, 4.69) is 6.07 Å². The lowest BCUT2D eigenvalue weighted by atomic mass is 10.2. The molecule has 0 heterocycles. The molecule has 22 heavy (non-hydrogen) atoms. The number of rotatable bonds is 5. The van der Waals surface area contributed by atoms with E-state index in [4.69, 9.17) is 14.7 Å². The van der Waals surface area contributed by atoms with Gasteiger partial charge in [-0.25, -0.2) is 4.79 Å². The number of hydrogen-bond acceptors (Lipinski definition) is 5. The molecule has 2 rings (SSSR count). The topological polar surface area (TPSA) is 59.3 Å². The number of nitriles is 1. The maximum atomic E-state index is 12.0. The van der Waals surface area contributed by atoms with Crippen molar-refractivity contribution in [2.45, 2.75) is 16.7 Å². The van der Waals surface area contributed by atoms with Crippen LogP contribution in [0.25, 0.3) is 0 Å². The summed E-state index contributed by atoms with van der Waals surface area (Å²) < 4.78 is 10.2. The molecule has 4 nitrogen and oxygen atoms in total. The van der Waals surface area contributed by atoms with Crippen molar-refractivity contribution in [3.8, 4) is 11.8 Å². The highest BCUT2D eigenvalue weighted by Gasteiger charge is 2.14. The molecule has 0 aliphatic carbocycles. The highest BCUT2D eigenvalue weighted by Crippen LogP contribution is 2.31. The minimum absolute atomic E-state index is 0.314. The van der Waals surface area contributed by atoms with Crippen LogP contribution in [0.15, 0.2) is 52.3 Å². The molecule has 2 aromatic carbocycles. The summed E-state index contributed by atoms with van der Waals surface area (Å²) >= 11 is 1.50. The van der Waals surface area contributed by atoms with Crippen LogP contribution < -0.4 is 4.74 Å². The van der Waals surface area contributed by atoms with Crippen LogP contribution in [0.5, 0.6) is 5.75 Å². The van der Waals surface area contributed by atoms with Crippen LogP contribution in [0.2, 0.25) is 0 Å². The van der Waals surface area contributed by atoms with Crippen LogP contribution in [0.4, 0.5) is 0 Å². The standard InChI is InChI=1S/C17H15NO3S/c1-3-21-17(19)15-10-14(8-9-16(15)20-2)22-13-6-4-12(11-18)5-7-13/h4-10H,3H2,1-2H3. The predicted molar refractivity (Wildman–Crippen MR) is 84.2 cm³/mol. The first-order chi connectivity index (χ1) is 10.7. The molecule has 0 saturated heterocycles. The number of methoxy groups -OCH3 is 1. The van der Waals surface area contributed by atoms with Gasteiger partial charge < -0.3 is 9.47 Å². The number of carbonyl (C=O) groups excluding carboxylic acids is 1. The van der Waals surface area contributed by atoms with Crippen LogP contribution in [-0.4, -0.2) is 19.7 Å². The monoisotopic (exact) mass is 313 g/mol. The van der Waals surface area contributed by atoms with Crippen molar-refractivity contribution in [3.63, 3.8) is 0 Å². The lowest BCUT2D eigenvalue weighted by molar-refractivity contribution is 0.0522. The molecule has 0 saturated carbocycles. The summed E-state index contributed by atoms with van der Waals surface area (Å²) in [6.45, 7) is 2.08. The van der Waals surface area contributed by atoms with E-state index in [1.165, 1.54) is 18.9 Å². The van der Waals surface area contributed by atoms with Crippen molar-refractivity contribution in [2.75, 3.05) is 13.7 Å². The highest BCUT2D eigenvalue weighted by atomic mass is 32.2. The van der Waals surface area contributed by atoms with E-state index in [0.717, 1.165) is 9.79 Å². The molecule has 0 aromatic heterocycles. The summed E-state index contributed by atoms with van der Waals surface area (Å²) in [6, 6.07) is 14.7. The summed E-state index contributed by atoms with van der Waals surface area (Å²) in [5.41, 5.74) is 1.02. The van der Waals surface area contributed by atoms with Gasteiger partial charge in [-0.05, 0) is 49.4 Å². The third kappa shape index (κ3) is 3.80. The third-order valence-electron chi connectivity index (χ3n) is 2.89. The third-order valence-corrected chi connectivity index (χ3v) is 3.88. The summed E-state index contributed by atoms with van der Waals surface area (Å²) in [5.74, 6) is 0.0873. The molecule has 5 heteroatoms. The van der Waals surface area contributed by atoms with Gasteiger partial charge in [0, 0.05) is 9.79 Å². The van der Waals surface area contributed by atoms with E-state index < -0.39 is 5.97 Å². The van der Waals surface area contributed by atoms with Gasteiger partial charge in [-0.15, -0.1) is 0 Å². The minimum atomic E-state index is -0.401. The number of benzene rings is 2. The normalized spacial score (nSPS) is 9.86. The Morgan fingerprint density at radius 1 is 1.18 bits per heavy atom. The van der Waals surface area contributed by atoms with Crippen molar-refractivity contribution >= 4 is 17.7 Å². The van der Waals surface area contributed by atoms with Crippen LogP contribution in [0, 0.1) is 11.3 Å². The first-order valence-electron chi connectivity index (χ1n) is 6.71. The fourth-order valence-electron chi connectivity index (χ4n) is 1.85. The minimum Gasteiger partial charge on any atom is -0.496 e. The van der Waals surface area contributed by atoms with Crippen molar-refractivity contribution in [3.05, 3.63) is 53.6 Å². The van der Waals surface area contributed by atoms with Crippen molar-refractivity contribution in [1.82, 2.24) is 0 Å². The molecule has 0 atom stereocenters. The van der Waals surface area contributed by atoms with Gasteiger partial charge in [0.2, 0.25) is 0 Å². The fraction of sp³-hybridized carbons (Fsp3) is 0.176. The van der Waals surface area contributed by atoms with Crippen LogP contribution in [0.3, 0.4) is 0 Å². The zero-order valence-electron chi connectivity index (χ0n) is 12.3. The lowest BCUT2D eigenvalue weighted by Crippen LogP contribution is -2.06. The fourth-order valence-corrected chi connectivity index (χ4v) is 2.71. The van der Waals surface area contributed by atoms with E-state index >= 15 is 0 Å². The maximum Gasteiger partial charge on any atom is 0.341 e. The largest absolute Gasteiger partial charge is 0.496 e. The second-order valence-electron chi connectivity index (χ2n) is 4.32. The Bertz CT molecular complexity index is 705. The molecule has 0 aliphatic heterocycles. The molecule has 0 spiro atoms. The quantitative estimate of drug-likeness (QED) is 0.784. The van der Waals surface area contributed by atoms with Gasteiger partial charge in [-0.2, -0.15) is 5.26 Å². The molecule has 0 N–H and O–H groups in total. The molecule has 0 radical (unpaired) electrons. The summed E-state index contributed by atoms with van der Waals surface area (Å²) in [6.07, 6.45) is 0. The Kier molecular flexibility index (Phi) is 5.45. The molecule has 2 aromatic rings. The molecular formula is C17H15NO3S. The van der Waals surface area contributed by atoms with Crippen LogP contribution in [0.1, 0.15) is 22.8 Å². The second kappa shape index (κ2) is 7.53.